The van der Waals surface area contributed by atoms with Crippen LogP contribution in [0.2, 0.25) is 0 Å². The summed E-state index contributed by atoms with van der Waals surface area (Å²) in [4.78, 5) is 0. The van der Waals surface area contributed by atoms with Gasteiger partial charge in [-0.3, -0.25) is 0 Å². The Kier molecular flexibility index (Phi) is 8.57. The molecule has 1 aliphatic rings. The topological polar surface area (TPSA) is 9.23 Å². The molecule has 0 spiro atoms. The van der Waals surface area contributed by atoms with Crippen LogP contribution in [0.3, 0.4) is 0 Å². The second-order valence-corrected chi connectivity index (χ2v) is 7.37. The Morgan fingerprint density at radius 2 is 1.43 bits per heavy atom. The number of benzene rings is 1. The molecule has 130 valence electrons. The summed E-state index contributed by atoms with van der Waals surface area (Å²) < 4.78 is 5.88. The molecule has 0 aromatic heterocycles. The molecule has 1 aromatic rings. The van der Waals surface area contributed by atoms with Gasteiger partial charge in [0.25, 0.3) is 0 Å². The second-order valence-electron chi connectivity index (χ2n) is 7.37. The van der Waals surface area contributed by atoms with Gasteiger partial charge in [-0.1, -0.05) is 77.3 Å². The third-order valence-electron chi connectivity index (χ3n) is 5.54. The maximum atomic E-state index is 5.88. The Morgan fingerprint density at radius 3 is 2.00 bits per heavy atom. The van der Waals surface area contributed by atoms with E-state index in [0.29, 0.717) is 0 Å². The zero-order valence-corrected chi connectivity index (χ0v) is 15.4. The number of hydrogen-bond donors (Lipinski definition) is 0. The summed E-state index contributed by atoms with van der Waals surface area (Å²) in [5.41, 5.74) is 1.38. The minimum absolute atomic E-state index is 0.877. The first-order chi connectivity index (χ1) is 11.3. The molecule has 0 atom stereocenters. The molecule has 0 heterocycles. The number of rotatable bonds is 10. The SMILES string of the molecule is CCCCCC1CCC(CCCOc2ccc(CC)cc2)CC1. The lowest BCUT2D eigenvalue weighted by Gasteiger charge is -2.28. The van der Waals surface area contributed by atoms with Gasteiger partial charge in [-0.2, -0.15) is 0 Å². The third-order valence-corrected chi connectivity index (χ3v) is 5.54. The van der Waals surface area contributed by atoms with Crippen LogP contribution in [0.15, 0.2) is 24.3 Å². The Bertz CT molecular complexity index is 400. The van der Waals surface area contributed by atoms with Crippen molar-refractivity contribution >= 4 is 0 Å². The first kappa shape index (κ1) is 18.4. The highest BCUT2D eigenvalue weighted by atomic mass is 16.5. The molecule has 0 bridgehead atoms. The van der Waals surface area contributed by atoms with Crippen molar-refractivity contribution in [1.82, 2.24) is 0 Å². The molecule has 0 radical (unpaired) electrons. The predicted octanol–water partition coefficient (Wildman–Crippen LogP) is 6.79. The normalized spacial score (nSPS) is 21.3. The molecule has 23 heavy (non-hydrogen) atoms. The van der Waals surface area contributed by atoms with Crippen molar-refractivity contribution in [2.45, 2.75) is 84.5 Å². The average molecular weight is 317 g/mol. The molecule has 1 fully saturated rings. The fraction of sp³-hybridized carbons (Fsp3) is 0.727. The lowest BCUT2D eigenvalue weighted by atomic mass is 9.78. The summed E-state index contributed by atoms with van der Waals surface area (Å²) in [6.07, 6.45) is 15.3. The van der Waals surface area contributed by atoms with Gasteiger partial charge in [-0.25, -0.2) is 0 Å². The van der Waals surface area contributed by atoms with Crippen LogP contribution in [0.25, 0.3) is 0 Å². The lowest BCUT2D eigenvalue weighted by Crippen LogP contribution is -2.15. The molecule has 1 saturated carbocycles. The van der Waals surface area contributed by atoms with E-state index in [4.69, 9.17) is 4.74 Å². The summed E-state index contributed by atoms with van der Waals surface area (Å²) in [6.45, 7) is 5.37. The number of hydrogen-bond acceptors (Lipinski definition) is 1. The number of unbranched alkanes of at least 4 members (excludes halogenated alkanes) is 2. The molecule has 0 N–H and O–H groups in total. The first-order valence-electron chi connectivity index (χ1n) is 10.0. The van der Waals surface area contributed by atoms with Crippen LogP contribution in [0.4, 0.5) is 0 Å². The highest BCUT2D eigenvalue weighted by molar-refractivity contribution is 5.27. The van der Waals surface area contributed by atoms with Crippen molar-refractivity contribution in [2.75, 3.05) is 6.61 Å². The van der Waals surface area contributed by atoms with E-state index in [1.807, 2.05) is 0 Å². The minimum Gasteiger partial charge on any atom is -0.494 e. The van der Waals surface area contributed by atoms with Gasteiger partial charge in [0, 0.05) is 0 Å². The minimum atomic E-state index is 0.877. The summed E-state index contributed by atoms with van der Waals surface area (Å²) in [7, 11) is 0. The molecule has 0 amide bonds. The molecule has 0 aliphatic heterocycles. The van der Waals surface area contributed by atoms with Crippen LogP contribution in [0, 0.1) is 11.8 Å². The quantitative estimate of drug-likeness (QED) is 0.431. The summed E-state index contributed by atoms with van der Waals surface area (Å²) in [5.74, 6) is 3.02. The molecule has 1 aliphatic carbocycles. The van der Waals surface area contributed by atoms with E-state index in [9.17, 15) is 0 Å². The van der Waals surface area contributed by atoms with E-state index in [1.54, 1.807) is 0 Å². The zero-order valence-electron chi connectivity index (χ0n) is 15.4. The van der Waals surface area contributed by atoms with Gasteiger partial charge in [0.15, 0.2) is 0 Å². The molecule has 0 unspecified atom stereocenters. The van der Waals surface area contributed by atoms with E-state index < -0.39 is 0 Å². The molecule has 2 rings (SSSR count). The molecule has 1 nitrogen and oxygen atoms in total. The Balaban J connectivity index is 1.53. The fourth-order valence-electron chi connectivity index (χ4n) is 3.88. The Morgan fingerprint density at radius 1 is 0.826 bits per heavy atom. The van der Waals surface area contributed by atoms with Crippen molar-refractivity contribution in [3.05, 3.63) is 29.8 Å². The lowest BCUT2D eigenvalue weighted by molar-refractivity contribution is 0.228. The predicted molar refractivity (Wildman–Crippen MR) is 100 cm³/mol. The number of aryl methyl sites for hydroxylation is 1. The van der Waals surface area contributed by atoms with Gasteiger partial charge < -0.3 is 4.74 Å². The van der Waals surface area contributed by atoms with E-state index >= 15 is 0 Å². The first-order valence-corrected chi connectivity index (χ1v) is 10.0. The van der Waals surface area contributed by atoms with Crippen molar-refractivity contribution in [3.8, 4) is 5.75 Å². The molecule has 0 saturated heterocycles. The van der Waals surface area contributed by atoms with Gasteiger partial charge in [0.2, 0.25) is 0 Å². The van der Waals surface area contributed by atoms with Gasteiger partial charge in [-0.05, 0) is 48.8 Å². The van der Waals surface area contributed by atoms with Crippen molar-refractivity contribution in [2.24, 2.45) is 11.8 Å². The van der Waals surface area contributed by atoms with Crippen LogP contribution >= 0.6 is 0 Å². The van der Waals surface area contributed by atoms with E-state index in [-0.39, 0.29) is 0 Å². The van der Waals surface area contributed by atoms with Crippen LogP contribution in [-0.4, -0.2) is 6.61 Å². The summed E-state index contributed by atoms with van der Waals surface area (Å²) >= 11 is 0. The standard InChI is InChI=1S/C22H36O/c1-3-5-6-8-20-10-12-21(13-11-20)9-7-18-23-22-16-14-19(4-2)15-17-22/h14-17,20-21H,3-13,18H2,1-2H3. The van der Waals surface area contributed by atoms with E-state index in [2.05, 4.69) is 38.1 Å². The molecule has 1 heteroatoms. The summed E-state index contributed by atoms with van der Waals surface area (Å²) in [6, 6.07) is 8.57. The van der Waals surface area contributed by atoms with Crippen LogP contribution in [0.1, 0.15) is 83.6 Å². The number of ether oxygens (including phenoxy) is 1. The summed E-state index contributed by atoms with van der Waals surface area (Å²) in [5, 5.41) is 0. The van der Waals surface area contributed by atoms with Gasteiger partial charge in [0.1, 0.15) is 5.75 Å². The molecular weight excluding hydrogens is 280 g/mol. The smallest absolute Gasteiger partial charge is 0.119 e. The monoisotopic (exact) mass is 316 g/mol. The van der Waals surface area contributed by atoms with E-state index in [1.165, 1.54) is 69.8 Å². The van der Waals surface area contributed by atoms with Crippen molar-refractivity contribution < 1.29 is 4.74 Å². The molecule has 1 aromatic carbocycles. The fourth-order valence-corrected chi connectivity index (χ4v) is 3.88. The Labute approximate surface area is 143 Å². The largest absolute Gasteiger partial charge is 0.494 e. The highest BCUT2D eigenvalue weighted by Crippen LogP contribution is 2.34. The van der Waals surface area contributed by atoms with Crippen molar-refractivity contribution in [3.63, 3.8) is 0 Å². The van der Waals surface area contributed by atoms with Crippen LogP contribution < -0.4 is 4.74 Å². The Hall–Kier alpha value is -0.980. The van der Waals surface area contributed by atoms with Crippen LogP contribution in [-0.2, 0) is 6.42 Å². The second kappa shape index (κ2) is 10.7. The maximum absolute atomic E-state index is 5.88. The van der Waals surface area contributed by atoms with E-state index in [0.717, 1.165) is 30.6 Å². The zero-order chi connectivity index (χ0) is 16.3. The maximum Gasteiger partial charge on any atom is 0.119 e. The van der Waals surface area contributed by atoms with Gasteiger partial charge >= 0.3 is 0 Å². The van der Waals surface area contributed by atoms with Crippen molar-refractivity contribution in [1.29, 1.82) is 0 Å². The highest BCUT2D eigenvalue weighted by Gasteiger charge is 2.20. The third kappa shape index (κ3) is 6.97. The van der Waals surface area contributed by atoms with Crippen LogP contribution in [0.5, 0.6) is 5.75 Å². The van der Waals surface area contributed by atoms with Gasteiger partial charge in [0.05, 0.1) is 6.61 Å². The molecular formula is C22H36O. The van der Waals surface area contributed by atoms with Gasteiger partial charge in [-0.15, -0.1) is 0 Å². The average Bonchev–Trinajstić information content (AvgIpc) is 2.61.